The molecule has 1 rings (SSSR count). The Kier molecular flexibility index (Phi) is 1.36. The minimum Gasteiger partial charge on any atom is -0.124 e. The molecule has 42 valence electrons. The minimum atomic E-state index is 0.583. The number of allylic oxidation sites excluding steroid dienone is 3. The van der Waals surface area contributed by atoms with Gasteiger partial charge in [-0.05, 0) is 24.6 Å². The third kappa shape index (κ3) is 1.11. The lowest BCUT2D eigenvalue weighted by Gasteiger charge is -2.00. The van der Waals surface area contributed by atoms with E-state index in [1.54, 1.807) is 0 Å². The molecule has 0 radical (unpaired) electrons. The first-order chi connectivity index (χ1) is 3.79. The van der Waals surface area contributed by atoms with E-state index in [1.165, 1.54) is 5.57 Å². The normalized spacial score (nSPS) is 25.8. The molecule has 0 aromatic carbocycles. The summed E-state index contributed by atoms with van der Waals surface area (Å²) in [5.41, 5.74) is 4.39. The third-order valence-corrected chi connectivity index (χ3v) is 1.20. The van der Waals surface area contributed by atoms with Gasteiger partial charge in [-0.2, -0.15) is 0 Å². The molecule has 0 saturated heterocycles. The zero-order valence-corrected chi connectivity index (χ0v) is 5.31. The Bertz CT molecular complexity index is 166. The predicted octanol–water partition coefficient (Wildman–Crippen LogP) is 2.29. The smallest absolute Gasteiger partial charge is 0.00000140 e. The molecule has 0 N–H and O–H groups in total. The van der Waals surface area contributed by atoms with Crippen molar-refractivity contribution in [3.05, 3.63) is 29.5 Å². The monoisotopic (exact) mass is 106 g/mol. The summed E-state index contributed by atoms with van der Waals surface area (Å²) in [6, 6.07) is 0. The summed E-state index contributed by atoms with van der Waals surface area (Å²) in [4.78, 5) is 0. The standard InChI is InChI=1S/C8H10/c1-7-4-3-5-8(2)6-7/h4-7H,1-2H3. The van der Waals surface area contributed by atoms with Crippen molar-refractivity contribution in [3.63, 3.8) is 0 Å². The van der Waals surface area contributed by atoms with E-state index < -0.39 is 0 Å². The molecule has 0 heteroatoms. The molecule has 0 nitrogen and oxygen atoms in total. The third-order valence-electron chi connectivity index (χ3n) is 1.20. The molecule has 8 heavy (non-hydrogen) atoms. The van der Waals surface area contributed by atoms with E-state index in [4.69, 9.17) is 0 Å². The van der Waals surface area contributed by atoms with E-state index in [9.17, 15) is 0 Å². The molecule has 0 heterocycles. The molecule has 1 aliphatic carbocycles. The molecule has 1 atom stereocenters. The van der Waals surface area contributed by atoms with E-state index in [2.05, 4.69) is 31.7 Å². The van der Waals surface area contributed by atoms with Crippen LogP contribution in [-0.4, -0.2) is 0 Å². The van der Waals surface area contributed by atoms with Gasteiger partial charge < -0.3 is 0 Å². The Labute approximate surface area is 50.2 Å². The second-order valence-corrected chi connectivity index (χ2v) is 2.25. The summed E-state index contributed by atoms with van der Waals surface area (Å²) in [6.45, 7) is 4.25. The Morgan fingerprint density at radius 3 is 2.75 bits per heavy atom. The van der Waals surface area contributed by atoms with Crippen molar-refractivity contribution < 1.29 is 0 Å². The molecule has 1 unspecified atom stereocenters. The highest BCUT2D eigenvalue weighted by Gasteiger charge is 1.93. The van der Waals surface area contributed by atoms with Crippen LogP contribution < -0.4 is 0 Å². The van der Waals surface area contributed by atoms with Gasteiger partial charge in [0.15, 0.2) is 0 Å². The van der Waals surface area contributed by atoms with E-state index in [1.807, 2.05) is 6.08 Å². The first kappa shape index (κ1) is 5.40. The molecule has 0 aromatic rings. The first-order valence-corrected chi connectivity index (χ1v) is 2.90. The summed E-state index contributed by atoms with van der Waals surface area (Å²) < 4.78 is 0. The van der Waals surface area contributed by atoms with Crippen molar-refractivity contribution in [2.75, 3.05) is 0 Å². The fourth-order valence-electron chi connectivity index (χ4n) is 0.842. The second kappa shape index (κ2) is 2.02. The van der Waals surface area contributed by atoms with Crippen LogP contribution >= 0.6 is 0 Å². The van der Waals surface area contributed by atoms with Gasteiger partial charge in [-0.3, -0.25) is 0 Å². The highest BCUT2D eigenvalue weighted by Crippen LogP contribution is 2.08. The van der Waals surface area contributed by atoms with Crippen LogP contribution in [0.2, 0.25) is 0 Å². The van der Waals surface area contributed by atoms with E-state index in [-0.39, 0.29) is 0 Å². The molecule has 0 bridgehead atoms. The van der Waals surface area contributed by atoms with Crippen molar-refractivity contribution in [1.82, 2.24) is 0 Å². The van der Waals surface area contributed by atoms with Gasteiger partial charge in [-0.25, -0.2) is 0 Å². The summed E-state index contributed by atoms with van der Waals surface area (Å²) in [5, 5.41) is 0. The van der Waals surface area contributed by atoms with Crippen molar-refractivity contribution in [3.8, 4) is 0 Å². The predicted molar refractivity (Wildman–Crippen MR) is 35.6 cm³/mol. The quantitative estimate of drug-likeness (QED) is 0.416. The first-order valence-electron chi connectivity index (χ1n) is 2.90. The maximum Gasteiger partial charge on any atom is 0.00000140 e. The maximum atomic E-state index is 3.07. The largest absolute Gasteiger partial charge is 0.124 e. The van der Waals surface area contributed by atoms with Gasteiger partial charge in [0.25, 0.3) is 0 Å². The van der Waals surface area contributed by atoms with Gasteiger partial charge in [-0.15, -0.1) is 5.73 Å². The van der Waals surface area contributed by atoms with Gasteiger partial charge in [0.1, 0.15) is 0 Å². The molecule has 0 saturated carbocycles. The van der Waals surface area contributed by atoms with Crippen molar-refractivity contribution in [2.24, 2.45) is 5.92 Å². The minimum absolute atomic E-state index is 0.583. The van der Waals surface area contributed by atoms with E-state index in [0.717, 1.165) is 0 Å². The average Bonchev–Trinajstić information content (AvgIpc) is 1.64. The molecule has 0 fully saturated rings. The van der Waals surface area contributed by atoms with Gasteiger partial charge >= 0.3 is 0 Å². The Hall–Kier alpha value is -0.740. The van der Waals surface area contributed by atoms with Crippen LogP contribution in [-0.2, 0) is 0 Å². The lowest BCUT2D eigenvalue weighted by molar-refractivity contribution is 0.924. The molecule has 0 amide bonds. The summed E-state index contributed by atoms with van der Waals surface area (Å²) in [7, 11) is 0. The highest BCUT2D eigenvalue weighted by molar-refractivity contribution is 5.22. The zero-order valence-electron chi connectivity index (χ0n) is 5.31. The molecule has 0 aliphatic heterocycles. The van der Waals surface area contributed by atoms with Crippen LogP contribution in [0.5, 0.6) is 0 Å². The van der Waals surface area contributed by atoms with Gasteiger partial charge in [-0.1, -0.05) is 13.0 Å². The molecule has 0 aromatic heterocycles. The molecular weight excluding hydrogens is 96.1 g/mol. The number of rotatable bonds is 0. The fraction of sp³-hybridized carbons (Fsp3) is 0.375. The lowest BCUT2D eigenvalue weighted by atomic mass is 10.1. The van der Waals surface area contributed by atoms with Crippen molar-refractivity contribution in [2.45, 2.75) is 13.8 Å². The van der Waals surface area contributed by atoms with Gasteiger partial charge in [0.2, 0.25) is 0 Å². The van der Waals surface area contributed by atoms with Crippen molar-refractivity contribution >= 4 is 0 Å². The fourth-order valence-corrected chi connectivity index (χ4v) is 0.842. The maximum absolute atomic E-state index is 3.07. The molecule has 1 aliphatic rings. The average molecular weight is 106 g/mol. The highest BCUT2D eigenvalue weighted by atomic mass is 14.0. The number of hydrogen-bond donors (Lipinski definition) is 0. The van der Waals surface area contributed by atoms with Crippen LogP contribution in [0.1, 0.15) is 13.8 Å². The van der Waals surface area contributed by atoms with Gasteiger partial charge in [0.05, 0.1) is 0 Å². The summed E-state index contributed by atoms with van der Waals surface area (Å²) in [5.74, 6) is 0.583. The van der Waals surface area contributed by atoms with Crippen LogP contribution in [0.3, 0.4) is 0 Å². The van der Waals surface area contributed by atoms with Crippen LogP contribution in [0, 0.1) is 5.92 Å². The summed E-state index contributed by atoms with van der Waals surface area (Å²) >= 11 is 0. The van der Waals surface area contributed by atoms with Crippen LogP contribution in [0.15, 0.2) is 29.5 Å². The lowest BCUT2D eigenvalue weighted by Crippen LogP contribution is -1.85. The van der Waals surface area contributed by atoms with Crippen molar-refractivity contribution in [1.29, 1.82) is 0 Å². The Morgan fingerprint density at radius 2 is 2.38 bits per heavy atom. The SMILES string of the molecule is CC1=CC(C)C=C=C1. The zero-order chi connectivity index (χ0) is 5.98. The Morgan fingerprint density at radius 1 is 1.62 bits per heavy atom. The summed E-state index contributed by atoms with van der Waals surface area (Å²) in [6.07, 6.45) is 6.28. The van der Waals surface area contributed by atoms with Crippen LogP contribution in [0.25, 0.3) is 0 Å². The molecule has 0 spiro atoms. The van der Waals surface area contributed by atoms with Crippen LogP contribution in [0.4, 0.5) is 0 Å². The number of hydrogen-bond acceptors (Lipinski definition) is 0. The topological polar surface area (TPSA) is 0 Å². The van der Waals surface area contributed by atoms with E-state index in [0.29, 0.717) is 5.92 Å². The second-order valence-electron chi connectivity index (χ2n) is 2.25. The van der Waals surface area contributed by atoms with E-state index >= 15 is 0 Å². The Balaban J connectivity index is 2.86. The van der Waals surface area contributed by atoms with Gasteiger partial charge in [0, 0.05) is 5.92 Å². The molecular formula is C8H10.